The summed E-state index contributed by atoms with van der Waals surface area (Å²) in [7, 11) is 0. The summed E-state index contributed by atoms with van der Waals surface area (Å²) in [5, 5.41) is 12.6. The molecule has 0 saturated heterocycles. The fourth-order valence-corrected chi connectivity index (χ4v) is 2.58. The molecule has 1 heterocycles. The fourth-order valence-electron chi connectivity index (χ4n) is 2.45. The smallest absolute Gasteiger partial charge is 0.273 e. The third-order valence-electron chi connectivity index (χ3n) is 3.55. The van der Waals surface area contributed by atoms with E-state index in [1.54, 1.807) is 13.0 Å². The van der Waals surface area contributed by atoms with Gasteiger partial charge >= 0.3 is 0 Å². The average Bonchev–Trinajstić information content (AvgIpc) is 2.82. The Balaban J connectivity index is 2.02. The highest BCUT2D eigenvalue weighted by Gasteiger charge is 2.13. The monoisotopic (exact) mass is 300 g/mol. The van der Waals surface area contributed by atoms with Gasteiger partial charge in [0.05, 0.1) is 4.92 Å². The van der Waals surface area contributed by atoms with Crippen LogP contribution in [0.4, 0.5) is 5.69 Å². The Kier molecular flexibility index (Phi) is 3.39. The van der Waals surface area contributed by atoms with Gasteiger partial charge in [-0.25, -0.2) is 0 Å². The molecule has 0 atom stereocenters. The van der Waals surface area contributed by atoms with E-state index in [2.05, 4.69) is 4.57 Å². The van der Waals surface area contributed by atoms with E-state index in [4.69, 9.17) is 11.6 Å². The van der Waals surface area contributed by atoms with Gasteiger partial charge < -0.3 is 4.57 Å². The number of hydrogen-bond acceptors (Lipinski definition) is 2. The summed E-state index contributed by atoms with van der Waals surface area (Å²) < 4.78 is 2.08. The zero-order valence-corrected chi connectivity index (χ0v) is 12.2. The van der Waals surface area contributed by atoms with Gasteiger partial charge in [-0.3, -0.25) is 10.1 Å². The lowest BCUT2D eigenvalue weighted by Crippen LogP contribution is -1.98. The Hall–Kier alpha value is -2.33. The molecule has 5 heteroatoms. The van der Waals surface area contributed by atoms with Gasteiger partial charge in [0, 0.05) is 40.3 Å². The van der Waals surface area contributed by atoms with Gasteiger partial charge in [0.25, 0.3) is 5.69 Å². The van der Waals surface area contributed by atoms with E-state index in [-0.39, 0.29) is 10.6 Å². The number of aryl methyl sites for hydroxylation is 1. The topological polar surface area (TPSA) is 48.1 Å². The van der Waals surface area contributed by atoms with Gasteiger partial charge in [0.1, 0.15) is 0 Å². The molecular formula is C16H13ClN2O2. The fraction of sp³-hybridized carbons (Fsp3) is 0.125. The summed E-state index contributed by atoms with van der Waals surface area (Å²) in [5.41, 5.74) is 2.95. The van der Waals surface area contributed by atoms with Crippen molar-refractivity contribution < 1.29 is 4.92 Å². The number of nitro benzene ring substituents is 1. The highest BCUT2D eigenvalue weighted by Crippen LogP contribution is 2.26. The molecule has 0 amide bonds. The molecule has 4 nitrogen and oxygen atoms in total. The van der Waals surface area contributed by atoms with Crippen LogP contribution in [0.25, 0.3) is 10.9 Å². The van der Waals surface area contributed by atoms with Gasteiger partial charge in [-0.05, 0) is 36.8 Å². The van der Waals surface area contributed by atoms with Crippen LogP contribution >= 0.6 is 11.6 Å². The Labute approximate surface area is 126 Å². The maximum Gasteiger partial charge on any atom is 0.273 e. The third-order valence-corrected chi connectivity index (χ3v) is 3.80. The zero-order valence-electron chi connectivity index (χ0n) is 11.4. The quantitative estimate of drug-likeness (QED) is 0.526. The third kappa shape index (κ3) is 2.62. The number of aromatic nitrogens is 1. The van der Waals surface area contributed by atoms with Gasteiger partial charge in [-0.2, -0.15) is 0 Å². The van der Waals surface area contributed by atoms with E-state index in [9.17, 15) is 10.1 Å². The highest BCUT2D eigenvalue weighted by atomic mass is 35.5. The Morgan fingerprint density at radius 1 is 1.19 bits per heavy atom. The number of hydrogen-bond donors (Lipinski definition) is 0. The number of halogens is 1. The van der Waals surface area contributed by atoms with Crippen molar-refractivity contribution in [2.75, 3.05) is 0 Å². The number of rotatable bonds is 3. The van der Waals surface area contributed by atoms with E-state index in [0.717, 1.165) is 16.5 Å². The van der Waals surface area contributed by atoms with Gasteiger partial charge in [0.15, 0.2) is 0 Å². The Bertz CT molecular complexity index is 822. The lowest BCUT2D eigenvalue weighted by molar-refractivity contribution is -0.385. The molecule has 0 fully saturated rings. The molecule has 0 aliphatic carbocycles. The zero-order chi connectivity index (χ0) is 15.0. The minimum atomic E-state index is -0.342. The molecule has 0 bridgehead atoms. The molecule has 0 radical (unpaired) electrons. The van der Waals surface area contributed by atoms with Crippen LogP contribution in [0.2, 0.25) is 5.02 Å². The standard InChI is InChI=1S/C16H13ClN2O2/c1-11-8-16-13(9-15(11)19(20)21)6-7-18(16)10-12-2-4-14(17)5-3-12/h2-9H,10H2,1H3. The maximum atomic E-state index is 11.0. The van der Waals surface area contributed by atoms with Gasteiger partial charge in [0.2, 0.25) is 0 Å². The number of fused-ring (bicyclic) bond motifs is 1. The molecule has 3 aromatic rings. The van der Waals surface area contributed by atoms with Crippen molar-refractivity contribution in [3.05, 3.63) is 74.9 Å². The van der Waals surface area contributed by atoms with Crippen molar-refractivity contribution >= 4 is 28.2 Å². The van der Waals surface area contributed by atoms with Crippen molar-refractivity contribution in [1.29, 1.82) is 0 Å². The second-order valence-electron chi connectivity index (χ2n) is 5.02. The molecule has 0 unspecified atom stereocenters. The summed E-state index contributed by atoms with van der Waals surface area (Å²) in [6.07, 6.45) is 1.95. The first-order chi connectivity index (χ1) is 10.0. The van der Waals surface area contributed by atoms with Crippen molar-refractivity contribution in [1.82, 2.24) is 4.57 Å². The average molecular weight is 301 g/mol. The van der Waals surface area contributed by atoms with Gasteiger partial charge in [-0.15, -0.1) is 0 Å². The molecule has 0 N–H and O–H groups in total. The molecule has 0 spiro atoms. The van der Waals surface area contributed by atoms with Crippen LogP contribution in [-0.2, 0) is 6.54 Å². The molecular weight excluding hydrogens is 288 g/mol. The van der Waals surface area contributed by atoms with Gasteiger partial charge in [-0.1, -0.05) is 23.7 Å². The first kappa shape index (κ1) is 13.6. The van der Waals surface area contributed by atoms with Crippen molar-refractivity contribution in [3.8, 4) is 0 Å². The number of benzene rings is 2. The summed E-state index contributed by atoms with van der Waals surface area (Å²) >= 11 is 5.89. The molecule has 0 aliphatic rings. The van der Waals surface area contributed by atoms with Crippen LogP contribution < -0.4 is 0 Å². The molecule has 106 valence electrons. The van der Waals surface area contributed by atoms with Crippen LogP contribution in [0.3, 0.4) is 0 Å². The Morgan fingerprint density at radius 2 is 1.90 bits per heavy atom. The first-order valence-corrected chi connectivity index (χ1v) is 6.91. The minimum Gasteiger partial charge on any atom is -0.343 e. The predicted molar refractivity (Wildman–Crippen MR) is 83.9 cm³/mol. The summed E-state index contributed by atoms with van der Waals surface area (Å²) in [6.45, 7) is 2.47. The van der Waals surface area contributed by atoms with E-state index >= 15 is 0 Å². The normalized spacial score (nSPS) is 11.0. The molecule has 0 aliphatic heterocycles. The van der Waals surface area contributed by atoms with Crippen LogP contribution in [0.5, 0.6) is 0 Å². The van der Waals surface area contributed by atoms with E-state index in [1.807, 2.05) is 42.6 Å². The maximum absolute atomic E-state index is 11.0. The summed E-state index contributed by atoms with van der Waals surface area (Å²) in [6, 6.07) is 13.1. The molecule has 21 heavy (non-hydrogen) atoms. The van der Waals surface area contributed by atoms with E-state index in [0.29, 0.717) is 17.1 Å². The lowest BCUT2D eigenvalue weighted by Gasteiger charge is -2.07. The highest BCUT2D eigenvalue weighted by molar-refractivity contribution is 6.30. The van der Waals surface area contributed by atoms with E-state index in [1.165, 1.54) is 0 Å². The van der Waals surface area contributed by atoms with Crippen LogP contribution in [0, 0.1) is 17.0 Å². The Morgan fingerprint density at radius 3 is 2.57 bits per heavy atom. The molecule has 2 aromatic carbocycles. The van der Waals surface area contributed by atoms with Crippen molar-refractivity contribution in [3.63, 3.8) is 0 Å². The first-order valence-electron chi connectivity index (χ1n) is 6.53. The summed E-state index contributed by atoms with van der Waals surface area (Å²) in [5.74, 6) is 0. The largest absolute Gasteiger partial charge is 0.343 e. The molecule has 1 aromatic heterocycles. The van der Waals surface area contributed by atoms with Crippen LogP contribution in [-0.4, -0.2) is 9.49 Å². The number of nitrogens with zero attached hydrogens (tertiary/aromatic N) is 2. The minimum absolute atomic E-state index is 0.159. The SMILES string of the molecule is Cc1cc2c(ccn2Cc2ccc(Cl)cc2)cc1[N+](=O)[O-]. The second kappa shape index (κ2) is 5.22. The van der Waals surface area contributed by atoms with Crippen molar-refractivity contribution in [2.45, 2.75) is 13.5 Å². The second-order valence-corrected chi connectivity index (χ2v) is 5.46. The van der Waals surface area contributed by atoms with E-state index < -0.39 is 0 Å². The predicted octanol–water partition coefficient (Wildman–Crippen LogP) is 4.56. The molecule has 0 saturated carbocycles. The molecule has 3 rings (SSSR count). The summed E-state index contributed by atoms with van der Waals surface area (Å²) in [4.78, 5) is 10.6. The van der Waals surface area contributed by atoms with Crippen LogP contribution in [0.15, 0.2) is 48.7 Å². The lowest BCUT2D eigenvalue weighted by atomic mass is 10.1. The number of nitro groups is 1. The van der Waals surface area contributed by atoms with Crippen LogP contribution in [0.1, 0.15) is 11.1 Å². The van der Waals surface area contributed by atoms with Crippen molar-refractivity contribution in [2.24, 2.45) is 0 Å².